The molecular weight excluding hydrogens is 432 g/mol. The van der Waals surface area contributed by atoms with Crippen LogP contribution in [-0.4, -0.2) is 53.0 Å². The average molecular weight is 463 g/mol. The molecule has 0 radical (unpaired) electrons. The first-order valence-electron chi connectivity index (χ1n) is 11.9. The van der Waals surface area contributed by atoms with Crippen LogP contribution in [0.25, 0.3) is 0 Å². The molecule has 0 saturated carbocycles. The molecule has 0 aliphatic carbocycles. The third-order valence-electron chi connectivity index (χ3n) is 6.68. The second kappa shape index (κ2) is 8.42. The Kier molecular flexibility index (Phi) is 5.54. The number of fused-ring (bicyclic) bond motifs is 2. The molecule has 4 heterocycles. The van der Waals surface area contributed by atoms with Gasteiger partial charge in [0.25, 0.3) is 5.91 Å². The Morgan fingerprint density at radius 1 is 1.09 bits per heavy atom. The van der Waals surface area contributed by atoms with E-state index in [4.69, 9.17) is 4.74 Å². The molecule has 2 aromatic rings. The summed E-state index contributed by atoms with van der Waals surface area (Å²) >= 11 is 0. The van der Waals surface area contributed by atoms with E-state index < -0.39 is 5.60 Å². The van der Waals surface area contributed by atoms with Crippen molar-refractivity contribution in [3.05, 3.63) is 52.7 Å². The zero-order chi connectivity index (χ0) is 24.0. The molecular formula is C26H30N4O4. The molecule has 0 spiro atoms. The van der Waals surface area contributed by atoms with Gasteiger partial charge < -0.3 is 19.9 Å². The fourth-order valence-corrected chi connectivity index (χ4v) is 4.99. The Bertz CT molecular complexity index is 1160. The van der Waals surface area contributed by atoms with Crippen molar-refractivity contribution in [2.75, 3.05) is 29.9 Å². The van der Waals surface area contributed by atoms with E-state index in [0.29, 0.717) is 36.9 Å². The van der Waals surface area contributed by atoms with Crippen LogP contribution in [0.2, 0.25) is 0 Å². The van der Waals surface area contributed by atoms with Crippen LogP contribution < -0.4 is 10.2 Å². The van der Waals surface area contributed by atoms with E-state index >= 15 is 0 Å². The highest BCUT2D eigenvalue weighted by molar-refractivity contribution is 6.08. The van der Waals surface area contributed by atoms with Crippen molar-refractivity contribution in [3.63, 3.8) is 0 Å². The summed E-state index contributed by atoms with van der Waals surface area (Å²) in [4.78, 5) is 45.0. The summed E-state index contributed by atoms with van der Waals surface area (Å²) in [5.41, 5.74) is 4.16. The summed E-state index contributed by atoms with van der Waals surface area (Å²) in [5.74, 6) is 0.750. The summed E-state index contributed by atoms with van der Waals surface area (Å²) in [5, 5.41) is 2.70. The number of hydrogen-bond donors (Lipinski definition) is 1. The van der Waals surface area contributed by atoms with Crippen LogP contribution >= 0.6 is 0 Å². The topological polar surface area (TPSA) is 91.8 Å². The Labute approximate surface area is 199 Å². The van der Waals surface area contributed by atoms with Gasteiger partial charge in [-0.1, -0.05) is 12.1 Å². The van der Waals surface area contributed by atoms with Gasteiger partial charge in [-0.15, -0.1) is 0 Å². The van der Waals surface area contributed by atoms with Gasteiger partial charge in [0.15, 0.2) is 0 Å². The van der Waals surface area contributed by atoms with Crippen LogP contribution in [0.15, 0.2) is 30.5 Å². The fourth-order valence-electron chi connectivity index (χ4n) is 4.99. The standard InChI is InChI=1S/C26H30N4O4/c1-26(2,3)34-25(33)29-9-6-16(7-10-29)17-4-5-21-18(12-17)8-11-30(21)24(32)20-13-19-14-22(31)28-23(19)27-15-20/h4-5,12-13,15-16H,6-11,14H2,1-3H3,(H,27,28,31). The van der Waals surface area contributed by atoms with Gasteiger partial charge in [0.05, 0.1) is 12.0 Å². The Morgan fingerprint density at radius 3 is 2.59 bits per heavy atom. The Hall–Kier alpha value is -3.42. The number of amides is 3. The third kappa shape index (κ3) is 4.36. The lowest BCUT2D eigenvalue weighted by Crippen LogP contribution is -2.41. The van der Waals surface area contributed by atoms with Crippen molar-refractivity contribution in [3.8, 4) is 0 Å². The van der Waals surface area contributed by atoms with E-state index in [2.05, 4.69) is 22.4 Å². The fraction of sp³-hybridized carbons (Fsp3) is 0.462. The molecule has 3 amide bonds. The minimum Gasteiger partial charge on any atom is -0.444 e. The Balaban J connectivity index is 1.25. The monoisotopic (exact) mass is 462 g/mol. The minimum absolute atomic E-state index is 0.0909. The number of hydrogen-bond acceptors (Lipinski definition) is 5. The molecule has 1 aromatic carbocycles. The first kappa shape index (κ1) is 22.4. The SMILES string of the molecule is CC(C)(C)OC(=O)N1CCC(c2ccc3c(c2)CCN3C(=O)c2cnc3c(c2)CC(=O)N3)CC1. The highest BCUT2D eigenvalue weighted by Gasteiger charge is 2.31. The van der Waals surface area contributed by atoms with Gasteiger partial charge in [-0.3, -0.25) is 9.59 Å². The summed E-state index contributed by atoms with van der Waals surface area (Å²) in [7, 11) is 0. The second-order valence-corrected chi connectivity index (χ2v) is 10.3. The van der Waals surface area contributed by atoms with E-state index in [9.17, 15) is 14.4 Å². The lowest BCUT2D eigenvalue weighted by atomic mass is 9.88. The van der Waals surface area contributed by atoms with Gasteiger partial charge in [0, 0.05) is 37.1 Å². The van der Waals surface area contributed by atoms with Gasteiger partial charge in [-0.05, 0) is 69.2 Å². The van der Waals surface area contributed by atoms with Crippen LogP contribution in [-0.2, 0) is 22.4 Å². The van der Waals surface area contributed by atoms with Gasteiger partial charge in [-0.2, -0.15) is 0 Å². The van der Waals surface area contributed by atoms with Gasteiger partial charge >= 0.3 is 6.09 Å². The van der Waals surface area contributed by atoms with E-state index in [0.717, 1.165) is 30.5 Å². The largest absolute Gasteiger partial charge is 0.444 e. The van der Waals surface area contributed by atoms with Crippen molar-refractivity contribution in [1.29, 1.82) is 0 Å². The minimum atomic E-state index is -0.485. The van der Waals surface area contributed by atoms with Crippen molar-refractivity contribution in [1.82, 2.24) is 9.88 Å². The summed E-state index contributed by atoms with van der Waals surface area (Å²) < 4.78 is 5.50. The van der Waals surface area contributed by atoms with Crippen LogP contribution in [0, 0.1) is 0 Å². The number of likely N-dealkylation sites (tertiary alicyclic amines) is 1. The van der Waals surface area contributed by atoms with E-state index in [1.165, 1.54) is 17.3 Å². The lowest BCUT2D eigenvalue weighted by Gasteiger charge is -2.33. The molecule has 0 atom stereocenters. The molecule has 1 saturated heterocycles. The third-order valence-corrected chi connectivity index (χ3v) is 6.68. The van der Waals surface area contributed by atoms with Gasteiger partial charge in [0.1, 0.15) is 11.4 Å². The number of anilines is 2. The maximum Gasteiger partial charge on any atom is 0.410 e. The molecule has 0 unspecified atom stereocenters. The maximum absolute atomic E-state index is 13.2. The number of benzene rings is 1. The summed E-state index contributed by atoms with van der Waals surface area (Å²) in [6.45, 7) is 7.65. The summed E-state index contributed by atoms with van der Waals surface area (Å²) in [6.07, 6.45) is 4.16. The quantitative estimate of drug-likeness (QED) is 0.731. The molecule has 1 fully saturated rings. The Morgan fingerprint density at radius 2 is 1.85 bits per heavy atom. The molecule has 1 N–H and O–H groups in total. The first-order valence-corrected chi connectivity index (χ1v) is 11.9. The summed E-state index contributed by atoms with van der Waals surface area (Å²) in [6, 6.07) is 8.15. The predicted molar refractivity (Wildman–Crippen MR) is 128 cm³/mol. The number of nitrogens with zero attached hydrogens (tertiary/aromatic N) is 3. The zero-order valence-corrected chi connectivity index (χ0v) is 19.9. The van der Waals surface area contributed by atoms with Crippen molar-refractivity contribution < 1.29 is 19.1 Å². The van der Waals surface area contributed by atoms with Crippen LogP contribution in [0.3, 0.4) is 0 Å². The molecule has 1 aromatic heterocycles. The first-order chi connectivity index (χ1) is 16.2. The zero-order valence-electron chi connectivity index (χ0n) is 19.9. The maximum atomic E-state index is 13.2. The molecule has 8 heteroatoms. The molecule has 3 aliphatic rings. The van der Waals surface area contributed by atoms with E-state index in [-0.39, 0.29) is 24.3 Å². The molecule has 34 heavy (non-hydrogen) atoms. The second-order valence-electron chi connectivity index (χ2n) is 10.3. The molecule has 178 valence electrons. The highest BCUT2D eigenvalue weighted by Crippen LogP contribution is 2.36. The predicted octanol–water partition coefficient (Wildman–Crippen LogP) is 3.89. The number of pyridine rings is 1. The molecule has 0 bridgehead atoms. The number of piperidine rings is 1. The van der Waals surface area contributed by atoms with Gasteiger partial charge in [0.2, 0.25) is 5.91 Å². The molecule has 3 aliphatic heterocycles. The van der Waals surface area contributed by atoms with Gasteiger partial charge in [-0.25, -0.2) is 9.78 Å². The number of nitrogens with one attached hydrogen (secondary N) is 1. The average Bonchev–Trinajstić information content (AvgIpc) is 3.39. The lowest BCUT2D eigenvalue weighted by molar-refractivity contribution is -0.115. The smallest absolute Gasteiger partial charge is 0.410 e. The van der Waals surface area contributed by atoms with Crippen molar-refractivity contribution in [2.24, 2.45) is 0 Å². The number of aromatic nitrogens is 1. The number of ether oxygens (including phenoxy) is 1. The number of rotatable bonds is 2. The van der Waals surface area contributed by atoms with Crippen LogP contribution in [0.4, 0.5) is 16.3 Å². The van der Waals surface area contributed by atoms with Crippen LogP contribution in [0.5, 0.6) is 0 Å². The highest BCUT2D eigenvalue weighted by atomic mass is 16.6. The normalized spacial score (nSPS) is 17.9. The van der Waals surface area contributed by atoms with E-state index in [1.54, 1.807) is 15.9 Å². The van der Waals surface area contributed by atoms with E-state index in [1.807, 2.05) is 26.8 Å². The number of carbonyl (C=O) groups is 3. The van der Waals surface area contributed by atoms with Crippen molar-refractivity contribution >= 4 is 29.4 Å². The van der Waals surface area contributed by atoms with Crippen molar-refractivity contribution in [2.45, 2.75) is 58.0 Å². The molecule has 8 nitrogen and oxygen atoms in total. The molecule has 5 rings (SSSR count). The number of carbonyl (C=O) groups excluding carboxylic acids is 3. The van der Waals surface area contributed by atoms with Crippen LogP contribution in [0.1, 0.15) is 66.6 Å².